The van der Waals surface area contributed by atoms with Crippen LogP contribution >= 0.6 is 0 Å². The predicted molar refractivity (Wildman–Crippen MR) is 180 cm³/mol. The first-order chi connectivity index (χ1) is 21.7. The Morgan fingerprint density at radius 2 is 1.78 bits per heavy atom. The van der Waals surface area contributed by atoms with Gasteiger partial charge in [-0.05, 0) is 102 Å². The second kappa shape index (κ2) is 12.1. The number of ether oxygens (including phenoxy) is 1. The molecular formula is C32H41N7O5S2. The fraction of sp³-hybridized carbons (Fsp3) is 0.469. The molecule has 1 atom stereocenters. The Morgan fingerprint density at radius 1 is 1.07 bits per heavy atom. The van der Waals surface area contributed by atoms with Crippen molar-refractivity contribution >= 4 is 53.8 Å². The van der Waals surface area contributed by atoms with E-state index in [1.165, 1.54) is 11.8 Å². The Kier molecular flexibility index (Phi) is 8.49. The number of rotatable bonds is 9. The Balaban J connectivity index is 1.32. The van der Waals surface area contributed by atoms with Crippen LogP contribution in [0.5, 0.6) is 5.75 Å². The SMILES string of the molecule is Cc1cc2c(cc1C1CCN(CCS(C)(=O)=O)CC1)OC(C)N2c1nc(Nc2ccccc2S(=O)(=O)C(C)C)c2c(C)[nH]nc2n1. The van der Waals surface area contributed by atoms with E-state index in [-0.39, 0.29) is 10.6 Å². The lowest BCUT2D eigenvalue weighted by Gasteiger charge is -2.32. The van der Waals surface area contributed by atoms with Gasteiger partial charge in [-0.2, -0.15) is 15.1 Å². The molecule has 2 aromatic carbocycles. The van der Waals surface area contributed by atoms with E-state index in [4.69, 9.17) is 14.7 Å². The zero-order valence-electron chi connectivity index (χ0n) is 27.0. The monoisotopic (exact) mass is 667 g/mol. The number of anilines is 4. The Hall–Kier alpha value is -3.75. The molecule has 0 aliphatic carbocycles. The average molecular weight is 668 g/mol. The third kappa shape index (κ3) is 6.17. The number of aromatic amines is 1. The highest BCUT2D eigenvalue weighted by molar-refractivity contribution is 7.92. The van der Waals surface area contributed by atoms with Gasteiger partial charge in [-0.3, -0.25) is 10.00 Å². The van der Waals surface area contributed by atoms with Gasteiger partial charge in [0, 0.05) is 18.5 Å². The van der Waals surface area contributed by atoms with Crippen molar-refractivity contribution < 1.29 is 21.6 Å². The molecule has 246 valence electrons. The molecule has 2 aliphatic heterocycles. The number of para-hydroxylation sites is 1. The van der Waals surface area contributed by atoms with Crippen molar-refractivity contribution in [3.63, 3.8) is 0 Å². The number of fused-ring (bicyclic) bond motifs is 2. The normalized spacial score (nSPS) is 17.9. The van der Waals surface area contributed by atoms with Crippen molar-refractivity contribution in [1.29, 1.82) is 0 Å². The van der Waals surface area contributed by atoms with Crippen LogP contribution in [0.4, 0.5) is 23.1 Å². The first kappa shape index (κ1) is 32.2. The van der Waals surface area contributed by atoms with Gasteiger partial charge in [-0.25, -0.2) is 16.8 Å². The van der Waals surface area contributed by atoms with Crippen LogP contribution in [-0.4, -0.2) is 85.0 Å². The van der Waals surface area contributed by atoms with E-state index >= 15 is 0 Å². The molecule has 4 aromatic rings. The summed E-state index contributed by atoms with van der Waals surface area (Å²) in [6.07, 6.45) is 2.78. The molecule has 46 heavy (non-hydrogen) atoms. The van der Waals surface area contributed by atoms with Gasteiger partial charge in [0.05, 0.1) is 32.7 Å². The molecule has 1 saturated heterocycles. The van der Waals surface area contributed by atoms with Gasteiger partial charge in [0.1, 0.15) is 21.4 Å². The van der Waals surface area contributed by atoms with E-state index in [0.29, 0.717) is 40.9 Å². The lowest BCUT2D eigenvalue weighted by atomic mass is 9.86. The number of nitrogens with zero attached hydrogens (tertiary/aromatic N) is 5. The number of likely N-dealkylation sites (tertiary alicyclic amines) is 1. The maximum Gasteiger partial charge on any atom is 0.237 e. The first-order valence-corrected chi connectivity index (χ1v) is 19.2. The third-order valence-corrected chi connectivity index (χ3v) is 12.1. The Labute approximate surface area is 270 Å². The molecule has 0 bridgehead atoms. The van der Waals surface area contributed by atoms with Crippen molar-refractivity contribution in [3.05, 3.63) is 53.2 Å². The zero-order chi connectivity index (χ0) is 33.0. The van der Waals surface area contributed by atoms with Crippen molar-refractivity contribution in [3.8, 4) is 5.75 Å². The number of piperidine rings is 1. The fourth-order valence-corrected chi connectivity index (χ4v) is 8.12. The Morgan fingerprint density at radius 3 is 2.48 bits per heavy atom. The highest BCUT2D eigenvalue weighted by Gasteiger charge is 2.34. The number of sulfone groups is 2. The van der Waals surface area contributed by atoms with Crippen LogP contribution in [-0.2, 0) is 19.7 Å². The predicted octanol–water partition coefficient (Wildman–Crippen LogP) is 5.00. The second-order valence-electron chi connectivity index (χ2n) is 12.6. The topological polar surface area (TPSA) is 150 Å². The summed E-state index contributed by atoms with van der Waals surface area (Å²) in [5, 5.41) is 10.8. The molecule has 6 rings (SSSR count). The maximum atomic E-state index is 13.2. The van der Waals surface area contributed by atoms with Crippen molar-refractivity contribution in [2.75, 3.05) is 41.9 Å². The minimum Gasteiger partial charge on any atom is -0.468 e. The van der Waals surface area contributed by atoms with Gasteiger partial charge in [-0.1, -0.05) is 12.1 Å². The van der Waals surface area contributed by atoms with Gasteiger partial charge in [-0.15, -0.1) is 0 Å². The zero-order valence-corrected chi connectivity index (χ0v) is 28.7. The summed E-state index contributed by atoms with van der Waals surface area (Å²) >= 11 is 0. The summed E-state index contributed by atoms with van der Waals surface area (Å²) in [5.41, 5.74) is 4.85. The minimum atomic E-state index is -3.57. The van der Waals surface area contributed by atoms with E-state index < -0.39 is 31.2 Å². The molecule has 1 fully saturated rings. The van der Waals surface area contributed by atoms with Crippen LogP contribution in [0.1, 0.15) is 56.4 Å². The van der Waals surface area contributed by atoms with Gasteiger partial charge in [0.2, 0.25) is 5.95 Å². The molecule has 14 heteroatoms. The van der Waals surface area contributed by atoms with Gasteiger partial charge >= 0.3 is 0 Å². The molecule has 2 aromatic heterocycles. The molecule has 2 aliphatic rings. The summed E-state index contributed by atoms with van der Waals surface area (Å²) in [7, 11) is -6.55. The van der Waals surface area contributed by atoms with Crippen LogP contribution < -0.4 is 15.0 Å². The number of hydrogen-bond acceptors (Lipinski definition) is 11. The minimum absolute atomic E-state index is 0.184. The van der Waals surface area contributed by atoms with Crippen molar-refractivity contribution in [2.24, 2.45) is 0 Å². The first-order valence-electron chi connectivity index (χ1n) is 15.6. The number of hydrogen-bond donors (Lipinski definition) is 2. The average Bonchev–Trinajstić information content (AvgIpc) is 3.53. The lowest BCUT2D eigenvalue weighted by molar-refractivity contribution is 0.222. The molecule has 1 unspecified atom stereocenters. The number of H-pyrrole nitrogens is 1. The smallest absolute Gasteiger partial charge is 0.237 e. The van der Waals surface area contributed by atoms with Crippen molar-refractivity contribution in [2.45, 2.75) is 69.8 Å². The molecular weight excluding hydrogens is 627 g/mol. The molecule has 2 N–H and O–H groups in total. The third-order valence-electron chi connectivity index (χ3n) is 8.94. The van der Waals surface area contributed by atoms with Gasteiger partial charge in [0.15, 0.2) is 21.7 Å². The molecule has 4 heterocycles. The highest BCUT2D eigenvalue weighted by Crippen LogP contribution is 2.45. The van der Waals surface area contributed by atoms with Gasteiger partial charge < -0.3 is 15.0 Å². The number of aromatic nitrogens is 4. The fourth-order valence-electron chi connectivity index (χ4n) is 6.33. The summed E-state index contributed by atoms with van der Waals surface area (Å²) in [4.78, 5) is 14.1. The summed E-state index contributed by atoms with van der Waals surface area (Å²) in [6.45, 7) is 11.5. The van der Waals surface area contributed by atoms with E-state index in [0.717, 1.165) is 48.6 Å². The maximum absolute atomic E-state index is 13.2. The second-order valence-corrected chi connectivity index (χ2v) is 17.4. The molecule has 0 spiro atoms. The van der Waals surface area contributed by atoms with Crippen LogP contribution in [0, 0.1) is 13.8 Å². The van der Waals surface area contributed by atoms with Crippen LogP contribution in [0.2, 0.25) is 0 Å². The molecule has 0 amide bonds. The quantitative estimate of drug-likeness (QED) is 0.248. The number of aryl methyl sites for hydroxylation is 2. The van der Waals surface area contributed by atoms with E-state index in [1.54, 1.807) is 38.1 Å². The summed E-state index contributed by atoms with van der Waals surface area (Å²) in [6, 6.07) is 11.1. The molecule has 0 radical (unpaired) electrons. The number of nitrogens with one attached hydrogen (secondary N) is 2. The van der Waals surface area contributed by atoms with E-state index in [1.807, 2.05) is 18.7 Å². The molecule has 12 nitrogen and oxygen atoms in total. The lowest BCUT2D eigenvalue weighted by Crippen LogP contribution is -2.36. The summed E-state index contributed by atoms with van der Waals surface area (Å²) in [5.74, 6) is 2.10. The highest BCUT2D eigenvalue weighted by atomic mass is 32.2. The standard InChI is InChI=1S/C32H41N7O5S2/c1-19(2)46(42,43)28-10-8-7-9-25(28)33-30-29-21(4)36-37-31(29)35-32(34-30)39-22(5)44-27-18-24(20(3)17-26(27)39)23-11-13-38(14-12-23)15-16-45(6,40)41/h7-10,17-19,22-23H,11-16H2,1-6H3,(H2,33,34,35,36,37). The largest absolute Gasteiger partial charge is 0.468 e. The van der Waals surface area contributed by atoms with Crippen LogP contribution in [0.25, 0.3) is 11.0 Å². The number of benzene rings is 2. The van der Waals surface area contributed by atoms with Crippen LogP contribution in [0.15, 0.2) is 41.3 Å². The summed E-state index contributed by atoms with van der Waals surface area (Å²) < 4.78 is 56.0. The van der Waals surface area contributed by atoms with E-state index in [9.17, 15) is 16.8 Å². The van der Waals surface area contributed by atoms with Crippen LogP contribution in [0.3, 0.4) is 0 Å². The van der Waals surface area contributed by atoms with Crippen molar-refractivity contribution in [1.82, 2.24) is 25.1 Å². The van der Waals surface area contributed by atoms with Gasteiger partial charge in [0.25, 0.3) is 0 Å². The molecule has 0 saturated carbocycles. The van der Waals surface area contributed by atoms with E-state index in [2.05, 4.69) is 39.5 Å². The Bertz CT molecular complexity index is 2000.